The highest BCUT2D eigenvalue weighted by Gasteiger charge is 2.33. The van der Waals surface area contributed by atoms with Crippen LogP contribution in [0.2, 0.25) is 10.0 Å². The zero-order chi connectivity index (χ0) is 12.9. The van der Waals surface area contributed by atoms with E-state index >= 15 is 0 Å². The minimum Gasteiger partial charge on any atom is -0.506 e. The van der Waals surface area contributed by atoms with E-state index in [1.165, 1.54) is 0 Å². The van der Waals surface area contributed by atoms with Gasteiger partial charge in [0.25, 0.3) is 0 Å². The van der Waals surface area contributed by atoms with Crippen LogP contribution in [0.3, 0.4) is 0 Å². The Labute approximate surface area is 105 Å². The van der Waals surface area contributed by atoms with E-state index in [9.17, 15) is 19.8 Å². The van der Waals surface area contributed by atoms with Gasteiger partial charge in [-0.2, -0.15) is 0 Å². The Hall–Kier alpha value is -1.72. The average Bonchev–Trinajstić information content (AvgIpc) is 2.28. The molecule has 7 heteroatoms. The molecule has 1 aliphatic carbocycles. The first-order chi connectivity index (χ1) is 7.86. The van der Waals surface area contributed by atoms with Crippen molar-refractivity contribution >= 4 is 34.8 Å². The average molecular weight is 274 g/mol. The van der Waals surface area contributed by atoms with Gasteiger partial charge in [-0.15, -0.1) is 0 Å². The Balaban J connectivity index is 2.93. The summed E-state index contributed by atoms with van der Waals surface area (Å²) in [6, 6.07) is 0. The monoisotopic (exact) mass is 273 g/mol. The molecule has 17 heavy (non-hydrogen) atoms. The lowest BCUT2D eigenvalue weighted by Crippen LogP contribution is -2.22. The number of aromatic hydroxyl groups is 2. The second kappa shape index (κ2) is 3.65. The van der Waals surface area contributed by atoms with Gasteiger partial charge in [-0.3, -0.25) is 9.59 Å². The van der Waals surface area contributed by atoms with E-state index < -0.39 is 44.2 Å². The maximum Gasteiger partial charge on any atom is 0.213 e. The Morgan fingerprint density at radius 3 is 2.00 bits per heavy atom. The van der Waals surface area contributed by atoms with E-state index in [0.717, 1.165) is 6.08 Å². The number of phenolic OH excluding ortho intramolecular Hbond substituents is 2. The standard InChI is InChI=1S/C10H5Cl2NO4/c11-6-7(12)10(17)5-4(9(6)16)3(14)1-2(13)8(5)15/h1,16-17H,13H2. The molecule has 88 valence electrons. The van der Waals surface area contributed by atoms with Crippen molar-refractivity contribution in [2.24, 2.45) is 5.73 Å². The second-order valence-electron chi connectivity index (χ2n) is 3.37. The molecule has 1 aromatic rings. The molecule has 0 saturated heterocycles. The third-order valence-corrected chi connectivity index (χ3v) is 3.19. The number of allylic oxidation sites excluding steroid dienone is 2. The maximum absolute atomic E-state index is 11.7. The van der Waals surface area contributed by atoms with Crippen molar-refractivity contribution in [3.8, 4) is 11.5 Å². The van der Waals surface area contributed by atoms with Crippen molar-refractivity contribution in [2.75, 3.05) is 0 Å². The molecule has 4 N–H and O–H groups in total. The molecule has 0 heterocycles. The number of rotatable bonds is 0. The Kier molecular flexibility index (Phi) is 2.52. The molecule has 0 aliphatic heterocycles. The van der Waals surface area contributed by atoms with Gasteiger partial charge >= 0.3 is 0 Å². The van der Waals surface area contributed by atoms with E-state index in [4.69, 9.17) is 28.9 Å². The molecule has 0 spiro atoms. The molecule has 0 unspecified atom stereocenters. The van der Waals surface area contributed by atoms with Crippen LogP contribution in [-0.2, 0) is 0 Å². The summed E-state index contributed by atoms with van der Waals surface area (Å²) in [5.41, 5.74) is 4.15. The molecule has 0 atom stereocenters. The predicted octanol–water partition coefficient (Wildman–Crippen LogP) is 1.63. The fraction of sp³-hybridized carbons (Fsp3) is 0. The van der Waals surface area contributed by atoms with Gasteiger partial charge in [0.15, 0.2) is 5.78 Å². The van der Waals surface area contributed by atoms with E-state index in [-0.39, 0.29) is 5.70 Å². The second-order valence-corrected chi connectivity index (χ2v) is 4.12. The van der Waals surface area contributed by atoms with Gasteiger partial charge in [-0.05, 0) is 0 Å². The van der Waals surface area contributed by atoms with Crippen LogP contribution in [0.15, 0.2) is 11.8 Å². The molecule has 2 rings (SSSR count). The number of benzene rings is 1. The van der Waals surface area contributed by atoms with E-state index in [1.807, 2.05) is 0 Å². The number of nitrogens with two attached hydrogens (primary N) is 1. The third kappa shape index (κ3) is 1.47. The SMILES string of the molecule is NC1=CC(=O)c2c(O)c(Cl)c(Cl)c(O)c2C1=O. The van der Waals surface area contributed by atoms with Crippen LogP contribution in [0.4, 0.5) is 0 Å². The minimum atomic E-state index is -0.786. The third-order valence-electron chi connectivity index (χ3n) is 2.35. The molecule has 0 bridgehead atoms. The lowest BCUT2D eigenvalue weighted by molar-refractivity contribution is 0.0978. The highest BCUT2D eigenvalue weighted by molar-refractivity contribution is 6.45. The van der Waals surface area contributed by atoms with Crippen LogP contribution in [0.25, 0.3) is 0 Å². The number of fused-ring (bicyclic) bond motifs is 1. The first-order valence-corrected chi connectivity index (χ1v) is 5.11. The number of carbonyl (C=O) groups excluding carboxylic acids is 2. The van der Waals surface area contributed by atoms with Gasteiger partial charge in [0, 0.05) is 6.08 Å². The van der Waals surface area contributed by atoms with Crippen molar-refractivity contribution in [3.05, 3.63) is 32.9 Å². The first kappa shape index (κ1) is 11.8. The summed E-state index contributed by atoms with van der Waals surface area (Å²) in [5.74, 6) is -2.82. The Morgan fingerprint density at radius 2 is 1.47 bits per heavy atom. The first-order valence-electron chi connectivity index (χ1n) is 4.35. The van der Waals surface area contributed by atoms with Crippen molar-refractivity contribution < 1.29 is 19.8 Å². The number of halogens is 2. The highest BCUT2D eigenvalue weighted by atomic mass is 35.5. The van der Waals surface area contributed by atoms with Crippen LogP contribution in [0.1, 0.15) is 20.7 Å². The molecule has 1 aromatic carbocycles. The van der Waals surface area contributed by atoms with Crippen LogP contribution < -0.4 is 5.73 Å². The summed E-state index contributed by atoms with van der Waals surface area (Å²) < 4.78 is 0. The lowest BCUT2D eigenvalue weighted by Gasteiger charge is -2.17. The van der Waals surface area contributed by atoms with Crippen LogP contribution in [-0.4, -0.2) is 21.8 Å². The van der Waals surface area contributed by atoms with Crippen LogP contribution in [0, 0.1) is 0 Å². The zero-order valence-corrected chi connectivity index (χ0v) is 9.63. The van der Waals surface area contributed by atoms with E-state index in [0.29, 0.717) is 0 Å². The van der Waals surface area contributed by atoms with Gasteiger partial charge in [0.1, 0.15) is 21.5 Å². The predicted molar refractivity (Wildman–Crippen MR) is 60.7 cm³/mol. The van der Waals surface area contributed by atoms with Crippen LogP contribution in [0.5, 0.6) is 11.5 Å². The maximum atomic E-state index is 11.7. The smallest absolute Gasteiger partial charge is 0.213 e. The fourth-order valence-corrected chi connectivity index (χ4v) is 1.92. The normalized spacial score (nSPS) is 14.6. The number of hydrogen-bond acceptors (Lipinski definition) is 5. The highest BCUT2D eigenvalue weighted by Crippen LogP contribution is 2.45. The molecule has 1 aliphatic rings. The minimum absolute atomic E-state index is 0.337. The number of ketones is 2. The summed E-state index contributed by atoms with van der Waals surface area (Å²) in [5, 5.41) is 18.5. The van der Waals surface area contributed by atoms with Crippen molar-refractivity contribution in [1.82, 2.24) is 0 Å². The van der Waals surface area contributed by atoms with Gasteiger partial charge in [0.05, 0.1) is 16.8 Å². The van der Waals surface area contributed by atoms with Gasteiger partial charge in [0.2, 0.25) is 5.78 Å². The largest absolute Gasteiger partial charge is 0.506 e. The number of carbonyl (C=O) groups is 2. The summed E-state index contributed by atoms with van der Waals surface area (Å²) in [6.45, 7) is 0. The molecule has 0 radical (unpaired) electrons. The molecule has 5 nitrogen and oxygen atoms in total. The van der Waals surface area contributed by atoms with Crippen molar-refractivity contribution in [2.45, 2.75) is 0 Å². The zero-order valence-electron chi connectivity index (χ0n) is 8.12. The summed E-state index contributed by atoms with van der Waals surface area (Å²) in [7, 11) is 0. The van der Waals surface area contributed by atoms with Crippen molar-refractivity contribution in [3.63, 3.8) is 0 Å². The summed E-state index contributed by atoms with van der Waals surface area (Å²) >= 11 is 11.2. The quantitative estimate of drug-likeness (QED) is 0.624. The molecular formula is C10H5Cl2NO4. The van der Waals surface area contributed by atoms with Crippen LogP contribution >= 0.6 is 23.2 Å². The molecule has 0 fully saturated rings. The Morgan fingerprint density at radius 1 is 1.00 bits per heavy atom. The molecule has 0 saturated carbocycles. The summed E-state index contributed by atoms with van der Waals surface area (Å²) in [4.78, 5) is 23.3. The van der Waals surface area contributed by atoms with Crippen molar-refractivity contribution in [1.29, 1.82) is 0 Å². The molecule has 0 amide bonds. The Bertz CT molecular complexity index is 607. The number of phenols is 2. The number of hydrogen-bond donors (Lipinski definition) is 3. The fourth-order valence-electron chi connectivity index (χ4n) is 1.55. The van der Waals surface area contributed by atoms with E-state index in [1.54, 1.807) is 0 Å². The lowest BCUT2D eigenvalue weighted by atomic mass is 9.91. The van der Waals surface area contributed by atoms with Gasteiger partial charge in [-0.1, -0.05) is 23.2 Å². The molecular weight excluding hydrogens is 269 g/mol. The van der Waals surface area contributed by atoms with Gasteiger partial charge < -0.3 is 15.9 Å². The number of Topliss-reactive ketones (excluding diaryl/α,β-unsaturated/α-hetero) is 1. The summed E-state index contributed by atoms with van der Waals surface area (Å²) in [6.07, 6.45) is 0.855. The van der Waals surface area contributed by atoms with E-state index in [2.05, 4.69) is 0 Å². The molecule has 0 aromatic heterocycles. The topological polar surface area (TPSA) is 101 Å². The van der Waals surface area contributed by atoms with Gasteiger partial charge in [-0.25, -0.2) is 0 Å².